The van der Waals surface area contributed by atoms with Crippen LogP contribution in [0.4, 0.5) is 4.39 Å². The topological polar surface area (TPSA) is 43.4 Å². The number of carbonyl (C=O) groups excluding carboxylic acids is 2. The van der Waals surface area contributed by atoms with E-state index < -0.39 is 16.3 Å². The van der Waals surface area contributed by atoms with Gasteiger partial charge in [0.1, 0.15) is 0 Å². The van der Waals surface area contributed by atoms with Gasteiger partial charge in [0.25, 0.3) is 0 Å². The molecule has 0 radical (unpaired) electrons. The number of esters is 1. The smallest absolute Gasteiger partial charge is 0.363 e. The Balaban J connectivity index is 4.30. The molecule has 0 fully saturated rings. The van der Waals surface area contributed by atoms with E-state index >= 15 is 0 Å². The minimum atomic E-state index is -2.68. The molecule has 0 aliphatic rings. The zero-order valence-electron chi connectivity index (χ0n) is 6.19. The van der Waals surface area contributed by atoms with Gasteiger partial charge in [0.05, 0.1) is 6.61 Å². The lowest BCUT2D eigenvalue weighted by molar-refractivity contribution is -0.154. The lowest BCUT2D eigenvalue weighted by atomic mass is 10.3. The van der Waals surface area contributed by atoms with Gasteiger partial charge in [0, 0.05) is 0 Å². The second kappa shape index (κ2) is 3.80. The molecule has 1 atom stereocenters. The summed E-state index contributed by atoms with van der Waals surface area (Å²) in [6, 6.07) is 0. The zero-order valence-corrected chi connectivity index (χ0v) is 7.77. The average molecular weight is 227 g/mol. The molecular formula is C6H8BrFO3. The lowest BCUT2D eigenvalue weighted by Crippen LogP contribution is -2.35. The van der Waals surface area contributed by atoms with E-state index in [1.807, 2.05) is 0 Å². The number of rotatable bonds is 3. The minimum Gasteiger partial charge on any atom is -0.463 e. The molecule has 11 heavy (non-hydrogen) atoms. The monoisotopic (exact) mass is 226 g/mol. The van der Waals surface area contributed by atoms with Gasteiger partial charge in [-0.25, -0.2) is 9.18 Å². The summed E-state index contributed by atoms with van der Waals surface area (Å²) in [6.07, 6.45) is 0. The normalized spacial score (nSPS) is 15.3. The summed E-state index contributed by atoms with van der Waals surface area (Å²) in [6.45, 7) is 2.54. The third-order valence-corrected chi connectivity index (χ3v) is 1.86. The fourth-order valence-electron chi connectivity index (χ4n) is 0.365. The molecule has 1 unspecified atom stereocenters. The van der Waals surface area contributed by atoms with Crippen LogP contribution < -0.4 is 0 Å². The van der Waals surface area contributed by atoms with Gasteiger partial charge in [-0.3, -0.25) is 4.79 Å². The zero-order chi connectivity index (χ0) is 9.07. The molecule has 64 valence electrons. The number of Topliss-reactive ketones (excluding diaryl/α,β-unsaturated/α-hetero) is 1. The Bertz CT molecular complexity index is 179. The number of ether oxygens (including phenoxy) is 1. The number of halogens is 2. The van der Waals surface area contributed by atoms with Crippen molar-refractivity contribution in [3.05, 3.63) is 0 Å². The third kappa shape index (κ3) is 2.57. The van der Waals surface area contributed by atoms with Gasteiger partial charge in [-0.05, 0) is 29.8 Å². The third-order valence-electron chi connectivity index (χ3n) is 0.974. The van der Waals surface area contributed by atoms with Crippen LogP contribution in [0.2, 0.25) is 0 Å². The van der Waals surface area contributed by atoms with E-state index in [9.17, 15) is 14.0 Å². The van der Waals surface area contributed by atoms with Crippen molar-refractivity contribution < 1.29 is 18.7 Å². The lowest BCUT2D eigenvalue weighted by Gasteiger charge is -2.11. The molecule has 0 aromatic carbocycles. The molecular weight excluding hydrogens is 219 g/mol. The summed E-state index contributed by atoms with van der Waals surface area (Å²) in [4.78, 5) is 21.1. The van der Waals surface area contributed by atoms with Crippen molar-refractivity contribution in [1.29, 1.82) is 0 Å². The largest absolute Gasteiger partial charge is 0.463 e. The minimum absolute atomic E-state index is 0.0450. The summed E-state index contributed by atoms with van der Waals surface area (Å²) in [5.41, 5.74) is 0. The summed E-state index contributed by atoms with van der Waals surface area (Å²) < 4.78 is 14.5. The van der Waals surface area contributed by atoms with Gasteiger partial charge in [-0.15, -0.1) is 0 Å². The first-order valence-corrected chi connectivity index (χ1v) is 3.78. The molecule has 0 aliphatic carbocycles. The summed E-state index contributed by atoms with van der Waals surface area (Å²) >= 11 is 2.32. The van der Waals surface area contributed by atoms with Crippen LogP contribution in [0, 0.1) is 0 Å². The van der Waals surface area contributed by atoms with E-state index in [2.05, 4.69) is 20.7 Å². The van der Waals surface area contributed by atoms with E-state index in [-0.39, 0.29) is 6.61 Å². The Kier molecular flexibility index (Phi) is 3.65. The first-order valence-electron chi connectivity index (χ1n) is 2.99. The molecule has 0 spiro atoms. The van der Waals surface area contributed by atoms with E-state index in [0.29, 0.717) is 0 Å². The molecule has 0 saturated carbocycles. The van der Waals surface area contributed by atoms with Gasteiger partial charge in [-0.2, -0.15) is 0 Å². The number of hydrogen-bond acceptors (Lipinski definition) is 3. The molecule has 5 heteroatoms. The molecule has 0 aromatic heterocycles. The highest BCUT2D eigenvalue weighted by Gasteiger charge is 2.42. The predicted octanol–water partition coefficient (Wildman–Crippen LogP) is 1.20. The number of hydrogen-bond donors (Lipinski definition) is 0. The SMILES string of the molecule is CCOC(=O)C(F)(Br)C(C)=O. The second-order valence-corrected chi connectivity index (χ2v) is 2.94. The standard InChI is InChI=1S/C6H8BrFO3/c1-3-11-5(10)6(7,8)4(2)9/h3H2,1-2H3. The fraction of sp³-hybridized carbons (Fsp3) is 0.667. The molecule has 0 aliphatic heterocycles. The van der Waals surface area contributed by atoms with Crippen molar-refractivity contribution in [1.82, 2.24) is 0 Å². The summed E-state index contributed by atoms with van der Waals surface area (Å²) in [5.74, 6) is -2.12. The number of carbonyl (C=O) groups is 2. The van der Waals surface area contributed by atoms with Crippen molar-refractivity contribution in [3.63, 3.8) is 0 Å². The quantitative estimate of drug-likeness (QED) is 0.413. The average Bonchev–Trinajstić information content (AvgIpc) is 1.88. The van der Waals surface area contributed by atoms with Crippen molar-refractivity contribution in [3.8, 4) is 0 Å². The van der Waals surface area contributed by atoms with E-state index in [4.69, 9.17) is 0 Å². The number of ketones is 1. The fourth-order valence-corrected chi connectivity index (χ4v) is 0.480. The Labute approximate surface area is 72.0 Å². The van der Waals surface area contributed by atoms with Crippen molar-refractivity contribution >= 4 is 27.7 Å². The Hall–Kier alpha value is -0.450. The molecule has 0 amide bonds. The summed E-state index contributed by atoms with van der Waals surface area (Å²) in [7, 11) is 0. The molecule has 0 saturated heterocycles. The van der Waals surface area contributed by atoms with E-state index in [0.717, 1.165) is 6.92 Å². The van der Waals surface area contributed by atoms with Crippen LogP contribution in [0.5, 0.6) is 0 Å². The van der Waals surface area contributed by atoms with Crippen molar-refractivity contribution in [2.45, 2.75) is 18.4 Å². The maximum Gasteiger partial charge on any atom is 0.363 e. The van der Waals surface area contributed by atoms with Crippen LogP contribution in [0.15, 0.2) is 0 Å². The second-order valence-electron chi connectivity index (χ2n) is 1.85. The maximum atomic E-state index is 12.9. The highest BCUT2D eigenvalue weighted by atomic mass is 79.9. The van der Waals surface area contributed by atoms with Gasteiger partial charge >= 0.3 is 10.5 Å². The first-order chi connectivity index (χ1) is 4.92. The molecule has 0 N–H and O–H groups in total. The molecule has 0 heterocycles. The van der Waals surface area contributed by atoms with Crippen LogP contribution in [-0.4, -0.2) is 22.9 Å². The van der Waals surface area contributed by atoms with Crippen LogP contribution in [0.3, 0.4) is 0 Å². The van der Waals surface area contributed by atoms with Crippen molar-refractivity contribution in [2.24, 2.45) is 0 Å². The van der Waals surface area contributed by atoms with Gasteiger partial charge in [0.2, 0.25) is 0 Å². The van der Waals surface area contributed by atoms with E-state index in [1.165, 1.54) is 6.92 Å². The molecule has 3 nitrogen and oxygen atoms in total. The van der Waals surface area contributed by atoms with Crippen molar-refractivity contribution in [2.75, 3.05) is 6.61 Å². The Morgan fingerprint density at radius 2 is 2.09 bits per heavy atom. The highest BCUT2D eigenvalue weighted by Crippen LogP contribution is 2.22. The Morgan fingerprint density at radius 1 is 1.64 bits per heavy atom. The Morgan fingerprint density at radius 3 is 2.36 bits per heavy atom. The van der Waals surface area contributed by atoms with Crippen LogP contribution in [-0.2, 0) is 14.3 Å². The van der Waals surface area contributed by atoms with Gasteiger partial charge in [-0.1, -0.05) is 0 Å². The highest BCUT2D eigenvalue weighted by molar-refractivity contribution is 9.10. The maximum absolute atomic E-state index is 12.9. The molecule has 0 aromatic rings. The van der Waals surface area contributed by atoms with Gasteiger partial charge in [0.15, 0.2) is 5.78 Å². The number of alkyl halides is 2. The van der Waals surface area contributed by atoms with E-state index in [1.54, 1.807) is 0 Å². The molecule has 0 bridgehead atoms. The summed E-state index contributed by atoms with van der Waals surface area (Å²) in [5, 5.41) is 0. The van der Waals surface area contributed by atoms with Crippen LogP contribution >= 0.6 is 15.9 Å². The molecule has 0 rings (SSSR count). The predicted molar refractivity (Wildman–Crippen MR) is 40.1 cm³/mol. The van der Waals surface area contributed by atoms with Gasteiger partial charge < -0.3 is 4.74 Å². The van der Waals surface area contributed by atoms with Crippen LogP contribution in [0.25, 0.3) is 0 Å². The first kappa shape index (κ1) is 10.6. The van der Waals surface area contributed by atoms with Crippen LogP contribution in [0.1, 0.15) is 13.8 Å².